The zero-order chi connectivity index (χ0) is 23.4. The van der Waals surface area contributed by atoms with Crippen molar-refractivity contribution in [3.63, 3.8) is 0 Å². The summed E-state index contributed by atoms with van der Waals surface area (Å²) in [5, 5.41) is 9.87. The maximum absolute atomic E-state index is 13.6. The fraction of sp³-hybridized carbons (Fsp3) is 0.704. The van der Waals surface area contributed by atoms with E-state index in [2.05, 4.69) is 29.9 Å². The normalized spacial score (nSPS) is 25.3. The Kier molecular flexibility index (Phi) is 8.07. The third kappa shape index (κ3) is 5.78. The molecule has 33 heavy (non-hydrogen) atoms. The molecule has 1 N–H and O–H groups in total. The molecule has 182 valence electrons. The largest absolute Gasteiger partial charge is 0.472 e. The van der Waals surface area contributed by atoms with Crippen LogP contribution in [0.1, 0.15) is 81.1 Å². The van der Waals surface area contributed by atoms with Gasteiger partial charge in [-0.3, -0.25) is 4.79 Å². The van der Waals surface area contributed by atoms with E-state index in [0.717, 1.165) is 37.4 Å². The van der Waals surface area contributed by atoms with Crippen LogP contribution in [0.25, 0.3) is 5.57 Å². The number of carbonyl (C=O) groups excluding carboxylic acids is 1. The molecule has 1 aliphatic heterocycles. The molecule has 0 unspecified atom stereocenters. The minimum Gasteiger partial charge on any atom is -0.472 e. The van der Waals surface area contributed by atoms with E-state index in [1.165, 1.54) is 44.1 Å². The molecule has 2 aliphatic carbocycles. The predicted octanol–water partition coefficient (Wildman–Crippen LogP) is 4.38. The number of aromatic nitrogens is 1. The Bertz CT molecular complexity index is 849. The first kappa shape index (κ1) is 24.2. The summed E-state index contributed by atoms with van der Waals surface area (Å²) in [4.78, 5) is 22.5. The Morgan fingerprint density at radius 1 is 1.24 bits per heavy atom. The van der Waals surface area contributed by atoms with E-state index in [4.69, 9.17) is 4.74 Å². The third-order valence-corrected chi connectivity index (χ3v) is 7.72. The van der Waals surface area contributed by atoms with E-state index in [0.29, 0.717) is 18.0 Å². The predicted molar refractivity (Wildman–Crippen MR) is 131 cm³/mol. The van der Waals surface area contributed by atoms with Crippen molar-refractivity contribution >= 4 is 11.5 Å². The number of ether oxygens (including phenoxy) is 1. The van der Waals surface area contributed by atoms with Crippen LogP contribution in [0.15, 0.2) is 18.3 Å². The molecule has 1 aromatic heterocycles. The Labute approximate surface area is 199 Å². The van der Waals surface area contributed by atoms with Crippen LogP contribution in [-0.2, 0) is 0 Å². The zero-order valence-corrected chi connectivity index (χ0v) is 20.6. The first-order valence-corrected chi connectivity index (χ1v) is 12.9. The van der Waals surface area contributed by atoms with Gasteiger partial charge in [0.25, 0.3) is 5.91 Å². The van der Waals surface area contributed by atoms with E-state index in [9.17, 15) is 9.90 Å². The quantitative estimate of drug-likeness (QED) is 0.661. The molecule has 1 saturated carbocycles. The summed E-state index contributed by atoms with van der Waals surface area (Å²) in [5.74, 6) is 1.25. The van der Waals surface area contributed by atoms with Gasteiger partial charge in [-0.1, -0.05) is 25.8 Å². The van der Waals surface area contributed by atoms with E-state index in [1.54, 1.807) is 0 Å². The molecule has 0 aromatic carbocycles. The highest BCUT2D eigenvalue weighted by atomic mass is 16.5. The van der Waals surface area contributed by atoms with Gasteiger partial charge in [-0.2, -0.15) is 0 Å². The number of hydrogen-bond acceptors (Lipinski definition) is 5. The molecule has 6 heteroatoms. The maximum Gasteiger partial charge on any atom is 0.259 e. The number of fused-ring (bicyclic) bond motifs is 1. The number of allylic oxidation sites excluding steroid dienone is 2. The second-order valence-corrected chi connectivity index (χ2v) is 10.5. The van der Waals surface area contributed by atoms with Crippen molar-refractivity contribution in [1.82, 2.24) is 14.8 Å². The molecular weight excluding hydrogens is 414 g/mol. The molecule has 0 bridgehead atoms. The summed E-state index contributed by atoms with van der Waals surface area (Å²) in [6.07, 6.45) is 13.9. The van der Waals surface area contributed by atoms with Gasteiger partial charge in [0.15, 0.2) is 0 Å². The van der Waals surface area contributed by atoms with Gasteiger partial charge < -0.3 is 19.6 Å². The zero-order valence-electron chi connectivity index (χ0n) is 20.6. The van der Waals surface area contributed by atoms with Crippen LogP contribution in [0.2, 0.25) is 0 Å². The van der Waals surface area contributed by atoms with Crippen molar-refractivity contribution in [2.75, 3.05) is 33.3 Å². The lowest BCUT2D eigenvalue weighted by atomic mass is 9.93. The fourth-order valence-electron chi connectivity index (χ4n) is 5.61. The highest BCUT2D eigenvalue weighted by molar-refractivity contribution is 5.97. The van der Waals surface area contributed by atoms with Gasteiger partial charge in [-0.25, -0.2) is 4.98 Å². The number of aliphatic hydroxyl groups excluding tert-OH is 1. The van der Waals surface area contributed by atoms with Crippen molar-refractivity contribution in [3.05, 3.63) is 29.5 Å². The molecule has 3 atom stereocenters. The Morgan fingerprint density at radius 2 is 2.03 bits per heavy atom. The number of hydrogen-bond donors (Lipinski definition) is 1. The van der Waals surface area contributed by atoms with E-state index < -0.39 is 0 Å². The molecule has 0 radical (unpaired) electrons. The highest BCUT2D eigenvalue weighted by Gasteiger charge is 2.34. The molecule has 4 rings (SSSR count). The van der Waals surface area contributed by atoms with Crippen LogP contribution < -0.4 is 4.74 Å². The molecule has 3 aliphatic rings. The number of aliphatic hydroxyl groups is 1. The smallest absolute Gasteiger partial charge is 0.259 e. The number of carbonyl (C=O) groups is 1. The number of likely N-dealkylation sites (N-methyl/N-ethyl adjacent to an activating group) is 1. The lowest BCUT2D eigenvalue weighted by molar-refractivity contribution is 0.0320. The molecule has 1 amide bonds. The minimum absolute atomic E-state index is 0.0564. The molecule has 0 saturated heterocycles. The van der Waals surface area contributed by atoms with Crippen molar-refractivity contribution in [1.29, 1.82) is 0 Å². The highest BCUT2D eigenvalue weighted by Crippen LogP contribution is 2.32. The molecule has 1 fully saturated rings. The lowest BCUT2D eigenvalue weighted by Crippen LogP contribution is -2.50. The molecule has 0 spiro atoms. The van der Waals surface area contributed by atoms with E-state index in [1.807, 2.05) is 24.1 Å². The minimum atomic E-state index is -0.250. The van der Waals surface area contributed by atoms with Gasteiger partial charge in [0.1, 0.15) is 11.7 Å². The second kappa shape index (κ2) is 11.0. The number of nitrogens with zero attached hydrogens (tertiary/aromatic N) is 3. The molecule has 6 nitrogen and oxygen atoms in total. The average Bonchev–Trinajstić information content (AvgIpc) is 3.34. The maximum atomic E-state index is 13.6. The summed E-state index contributed by atoms with van der Waals surface area (Å²) >= 11 is 0. The number of pyridine rings is 1. The van der Waals surface area contributed by atoms with Gasteiger partial charge in [0, 0.05) is 31.7 Å². The van der Waals surface area contributed by atoms with E-state index in [-0.39, 0.29) is 30.6 Å². The van der Waals surface area contributed by atoms with Crippen molar-refractivity contribution in [3.8, 4) is 5.88 Å². The Balaban J connectivity index is 1.61. The SMILES string of the molecule is C[C@H]1CN([C@@H](C)CO)C(=O)c2cc(C3=CCCCC3)cnc2O[C@@H]1CN(C)CC1CCCC1. The van der Waals surface area contributed by atoms with Crippen LogP contribution in [0.4, 0.5) is 0 Å². The summed E-state index contributed by atoms with van der Waals surface area (Å²) < 4.78 is 6.48. The third-order valence-electron chi connectivity index (χ3n) is 7.72. The van der Waals surface area contributed by atoms with Crippen LogP contribution >= 0.6 is 0 Å². The standard InChI is InChI=1S/C27H41N3O3/c1-19-15-30(20(2)18-31)27(32)24-13-23(22-11-5-4-6-12-22)14-28-26(24)33-25(19)17-29(3)16-21-9-7-8-10-21/h11,13-14,19-21,25,31H,4-10,12,15-18H2,1-3H3/t19-,20-,25+/m0/s1. The Morgan fingerprint density at radius 3 is 2.73 bits per heavy atom. The fourth-order valence-corrected chi connectivity index (χ4v) is 5.61. The summed E-state index contributed by atoms with van der Waals surface area (Å²) in [6.45, 7) is 6.46. The summed E-state index contributed by atoms with van der Waals surface area (Å²) in [5.41, 5.74) is 2.81. The van der Waals surface area contributed by atoms with Gasteiger partial charge in [0.2, 0.25) is 5.88 Å². The van der Waals surface area contributed by atoms with Crippen LogP contribution in [0.3, 0.4) is 0 Å². The van der Waals surface area contributed by atoms with Gasteiger partial charge in [-0.15, -0.1) is 0 Å². The summed E-state index contributed by atoms with van der Waals surface area (Å²) in [6, 6.07) is 1.72. The monoisotopic (exact) mass is 455 g/mol. The van der Waals surface area contributed by atoms with Crippen LogP contribution in [0.5, 0.6) is 5.88 Å². The Hall–Kier alpha value is -1.92. The first-order valence-electron chi connectivity index (χ1n) is 12.9. The molecular formula is C27H41N3O3. The van der Waals surface area contributed by atoms with Crippen LogP contribution in [-0.4, -0.2) is 71.2 Å². The lowest BCUT2D eigenvalue weighted by Gasteiger charge is -2.38. The molecule has 2 heterocycles. The van der Waals surface area contributed by atoms with E-state index >= 15 is 0 Å². The van der Waals surface area contributed by atoms with Gasteiger partial charge in [-0.05, 0) is 75.6 Å². The topological polar surface area (TPSA) is 65.9 Å². The number of amides is 1. The van der Waals surface area contributed by atoms with Crippen molar-refractivity contribution < 1.29 is 14.6 Å². The van der Waals surface area contributed by atoms with Crippen LogP contribution in [0, 0.1) is 11.8 Å². The van der Waals surface area contributed by atoms with Gasteiger partial charge >= 0.3 is 0 Å². The van der Waals surface area contributed by atoms with Gasteiger partial charge in [0.05, 0.1) is 12.6 Å². The molecule has 1 aromatic rings. The average molecular weight is 456 g/mol. The van der Waals surface area contributed by atoms with Crippen molar-refractivity contribution in [2.45, 2.75) is 77.4 Å². The van der Waals surface area contributed by atoms with Crippen molar-refractivity contribution in [2.24, 2.45) is 11.8 Å². The summed E-state index contributed by atoms with van der Waals surface area (Å²) in [7, 11) is 2.18. The second-order valence-electron chi connectivity index (χ2n) is 10.5. The number of rotatable bonds is 7. The first-order chi connectivity index (χ1) is 16.0.